The lowest BCUT2D eigenvalue weighted by atomic mass is 10.1. The van der Waals surface area contributed by atoms with Crippen LogP contribution in [-0.2, 0) is 0 Å². The largest absolute Gasteiger partial charge is 0.338 e. The van der Waals surface area contributed by atoms with Crippen molar-refractivity contribution in [3.05, 3.63) is 35.4 Å². The van der Waals surface area contributed by atoms with E-state index in [2.05, 4.69) is 0 Å². The number of hydrogen-bond acceptors (Lipinski definition) is 1. The normalized spacial score (nSPS) is 10.5. The molecular formula is C15H21F2NO. The fourth-order valence-corrected chi connectivity index (χ4v) is 1.87. The van der Waals surface area contributed by atoms with Crippen LogP contribution in [0.25, 0.3) is 0 Å². The van der Waals surface area contributed by atoms with E-state index in [1.165, 1.54) is 6.07 Å². The summed E-state index contributed by atoms with van der Waals surface area (Å²) < 4.78 is 27.2. The molecule has 0 saturated carbocycles. The standard InChI is InChI=1S/C15H21F2NO/c1-3-5-10-18(11-6-4-2)15(19)14-12(16)8-7-9-13(14)17/h7-9H,3-6,10-11H2,1-2H3. The zero-order chi connectivity index (χ0) is 14.3. The summed E-state index contributed by atoms with van der Waals surface area (Å²) in [4.78, 5) is 13.8. The summed E-state index contributed by atoms with van der Waals surface area (Å²) >= 11 is 0. The maximum absolute atomic E-state index is 13.6. The number of nitrogens with zero attached hydrogens (tertiary/aromatic N) is 1. The Morgan fingerprint density at radius 2 is 1.53 bits per heavy atom. The average molecular weight is 269 g/mol. The number of hydrogen-bond donors (Lipinski definition) is 0. The molecule has 0 radical (unpaired) electrons. The maximum Gasteiger partial charge on any atom is 0.259 e. The molecule has 0 saturated heterocycles. The minimum atomic E-state index is -0.789. The van der Waals surface area contributed by atoms with Crippen molar-refractivity contribution in [3.8, 4) is 0 Å². The van der Waals surface area contributed by atoms with E-state index >= 15 is 0 Å². The van der Waals surface area contributed by atoms with E-state index in [4.69, 9.17) is 0 Å². The van der Waals surface area contributed by atoms with E-state index in [0.29, 0.717) is 13.1 Å². The number of amides is 1. The van der Waals surface area contributed by atoms with Crippen LogP contribution in [0.2, 0.25) is 0 Å². The molecule has 0 unspecified atom stereocenters. The number of carbonyl (C=O) groups is 1. The van der Waals surface area contributed by atoms with Crippen LogP contribution in [0.3, 0.4) is 0 Å². The summed E-state index contributed by atoms with van der Waals surface area (Å²) in [7, 11) is 0. The van der Waals surface area contributed by atoms with Gasteiger partial charge in [-0.3, -0.25) is 4.79 Å². The SMILES string of the molecule is CCCCN(CCCC)C(=O)c1c(F)cccc1F. The summed E-state index contributed by atoms with van der Waals surface area (Å²) in [5.41, 5.74) is -0.435. The van der Waals surface area contributed by atoms with Gasteiger partial charge in [0.2, 0.25) is 0 Å². The van der Waals surface area contributed by atoms with E-state index in [-0.39, 0.29) is 0 Å². The van der Waals surface area contributed by atoms with Crippen LogP contribution >= 0.6 is 0 Å². The van der Waals surface area contributed by atoms with Crippen molar-refractivity contribution in [1.29, 1.82) is 0 Å². The van der Waals surface area contributed by atoms with Crippen molar-refractivity contribution in [3.63, 3.8) is 0 Å². The van der Waals surface area contributed by atoms with Gasteiger partial charge in [0, 0.05) is 13.1 Å². The van der Waals surface area contributed by atoms with Crippen LogP contribution in [0.15, 0.2) is 18.2 Å². The number of benzene rings is 1. The third-order valence-corrected chi connectivity index (χ3v) is 3.03. The van der Waals surface area contributed by atoms with Gasteiger partial charge in [0.25, 0.3) is 5.91 Å². The Labute approximate surface area is 113 Å². The molecule has 4 heteroatoms. The molecule has 0 aliphatic heterocycles. The summed E-state index contributed by atoms with van der Waals surface area (Å²) in [6.07, 6.45) is 3.56. The molecule has 2 nitrogen and oxygen atoms in total. The van der Waals surface area contributed by atoms with Crippen molar-refractivity contribution in [2.45, 2.75) is 39.5 Å². The van der Waals surface area contributed by atoms with E-state index in [0.717, 1.165) is 37.8 Å². The molecule has 1 amide bonds. The van der Waals surface area contributed by atoms with Gasteiger partial charge in [-0.25, -0.2) is 8.78 Å². The van der Waals surface area contributed by atoms with Crippen molar-refractivity contribution >= 4 is 5.91 Å². The Morgan fingerprint density at radius 3 is 1.95 bits per heavy atom. The molecule has 0 aliphatic carbocycles. The molecule has 0 N–H and O–H groups in total. The van der Waals surface area contributed by atoms with E-state index in [1.54, 1.807) is 4.90 Å². The molecule has 0 aromatic heterocycles. The molecular weight excluding hydrogens is 248 g/mol. The first-order valence-electron chi connectivity index (χ1n) is 6.85. The Kier molecular flexibility index (Phi) is 6.46. The van der Waals surface area contributed by atoms with Crippen LogP contribution in [-0.4, -0.2) is 23.9 Å². The Morgan fingerprint density at radius 1 is 1.05 bits per heavy atom. The van der Waals surface area contributed by atoms with Crippen molar-refractivity contribution in [2.24, 2.45) is 0 Å². The zero-order valence-corrected chi connectivity index (χ0v) is 11.6. The highest BCUT2D eigenvalue weighted by atomic mass is 19.1. The third kappa shape index (κ3) is 4.30. The molecule has 0 bridgehead atoms. The van der Waals surface area contributed by atoms with E-state index in [1.807, 2.05) is 13.8 Å². The molecule has 0 atom stereocenters. The van der Waals surface area contributed by atoms with Gasteiger partial charge >= 0.3 is 0 Å². The number of rotatable bonds is 7. The monoisotopic (exact) mass is 269 g/mol. The second-order valence-electron chi connectivity index (χ2n) is 4.60. The topological polar surface area (TPSA) is 20.3 Å². The average Bonchev–Trinajstić information content (AvgIpc) is 2.38. The Balaban J connectivity index is 2.91. The van der Waals surface area contributed by atoms with Crippen molar-refractivity contribution in [2.75, 3.05) is 13.1 Å². The van der Waals surface area contributed by atoms with Gasteiger partial charge in [-0.15, -0.1) is 0 Å². The molecule has 1 rings (SSSR count). The van der Waals surface area contributed by atoms with Crippen LogP contribution in [0, 0.1) is 11.6 Å². The van der Waals surface area contributed by atoms with Crippen LogP contribution in [0.5, 0.6) is 0 Å². The van der Waals surface area contributed by atoms with E-state index < -0.39 is 23.1 Å². The minimum absolute atomic E-state index is 0.435. The molecule has 1 aromatic rings. The Hall–Kier alpha value is -1.45. The van der Waals surface area contributed by atoms with Gasteiger partial charge in [0.1, 0.15) is 17.2 Å². The lowest BCUT2D eigenvalue weighted by molar-refractivity contribution is 0.0741. The van der Waals surface area contributed by atoms with Gasteiger partial charge in [-0.1, -0.05) is 32.8 Å². The second kappa shape index (κ2) is 7.87. The predicted molar refractivity (Wildman–Crippen MR) is 72.1 cm³/mol. The van der Waals surface area contributed by atoms with Gasteiger partial charge in [0.15, 0.2) is 0 Å². The molecule has 106 valence electrons. The quantitative estimate of drug-likeness (QED) is 0.732. The highest BCUT2D eigenvalue weighted by Crippen LogP contribution is 2.15. The highest BCUT2D eigenvalue weighted by molar-refractivity contribution is 5.94. The molecule has 19 heavy (non-hydrogen) atoms. The van der Waals surface area contributed by atoms with Crippen molar-refractivity contribution in [1.82, 2.24) is 4.90 Å². The first-order valence-corrected chi connectivity index (χ1v) is 6.85. The summed E-state index contributed by atoms with van der Waals surface area (Å²) in [5, 5.41) is 0. The predicted octanol–water partition coefficient (Wildman–Crippen LogP) is 4.01. The maximum atomic E-state index is 13.6. The lowest BCUT2D eigenvalue weighted by Crippen LogP contribution is -2.34. The zero-order valence-electron chi connectivity index (χ0n) is 11.6. The van der Waals surface area contributed by atoms with Gasteiger partial charge in [-0.2, -0.15) is 0 Å². The second-order valence-corrected chi connectivity index (χ2v) is 4.60. The van der Waals surface area contributed by atoms with Gasteiger partial charge in [-0.05, 0) is 25.0 Å². The van der Waals surface area contributed by atoms with Crippen LogP contribution < -0.4 is 0 Å². The van der Waals surface area contributed by atoms with Crippen molar-refractivity contribution < 1.29 is 13.6 Å². The molecule has 1 aromatic carbocycles. The smallest absolute Gasteiger partial charge is 0.259 e. The molecule has 0 aliphatic rings. The van der Waals surface area contributed by atoms with Gasteiger partial charge < -0.3 is 4.90 Å². The number of carbonyl (C=O) groups excluding carboxylic acids is 1. The minimum Gasteiger partial charge on any atom is -0.338 e. The summed E-state index contributed by atoms with van der Waals surface area (Å²) in [5.74, 6) is -2.12. The van der Waals surface area contributed by atoms with E-state index in [9.17, 15) is 13.6 Å². The molecule has 0 spiro atoms. The molecule has 0 fully saturated rings. The molecule has 0 heterocycles. The summed E-state index contributed by atoms with van der Waals surface area (Å²) in [6, 6.07) is 3.51. The Bertz CT molecular complexity index is 392. The number of unbranched alkanes of at least 4 members (excludes halogenated alkanes) is 2. The third-order valence-electron chi connectivity index (χ3n) is 3.03. The highest BCUT2D eigenvalue weighted by Gasteiger charge is 2.22. The number of halogens is 2. The van der Waals surface area contributed by atoms with Crippen LogP contribution in [0.1, 0.15) is 49.9 Å². The first kappa shape index (κ1) is 15.6. The van der Waals surface area contributed by atoms with Gasteiger partial charge in [0.05, 0.1) is 0 Å². The fraction of sp³-hybridized carbons (Fsp3) is 0.533. The lowest BCUT2D eigenvalue weighted by Gasteiger charge is -2.22. The summed E-state index contributed by atoms with van der Waals surface area (Å²) in [6.45, 7) is 5.13. The first-order chi connectivity index (χ1) is 9.11. The fourth-order valence-electron chi connectivity index (χ4n) is 1.87. The van der Waals surface area contributed by atoms with Crippen LogP contribution in [0.4, 0.5) is 8.78 Å².